The molecule has 0 aromatic heterocycles. The summed E-state index contributed by atoms with van der Waals surface area (Å²) in [6.45, 7) is 0. The number of fused-ring (bicyclic) bond motifs is 1. The van der Waals surface area contributed by atoms with Gasteiger partial charge in [-0.1, -0.05) is 6.07 Å². The fourth-order valence-electron chi connectivity index (χ4n) is 1.31. The van der Waals surface area contributed by atoms with Crippen LogP contribution in [0, 0.1) is 5.82 Å². The molecule has 0 amide bonds. The zero-order valence-corrected chi connectivity index (χ0v) is 8.54. The number of halogens is 2. The molecule has 1 aromatic rings. The van der Waals surface area contributed by atoms with Crippen LogP contribution in [0.1, 0.15) is 11.1 Å². The van der Waals surface area contributed by atoms with Crippen molar-refractivity contribution >= 4 is 27.1 Å². The SMILES string of the molecule is [O-][S+]1Cc2ccc(Br)c(F)c2C1. The average Bonchev–Trinajstić information content (AvgIpc) is 2.39. The highest BCUT2D eigenvalue weighted by Crippen LogP contribution is 2.30. The molecular weight excluding hydrogens is 243 g/mol. The van der Waals surface area contributed by atoms with Crippen molar-refractivity contribution in [2.24, 2.45) is 0 Å². The Kier molecular flexibility index (Phi) is 2.14. The Hall–Kier alpha value is -0.0600. The summed E-state index contributed by atoms with van der Waals surface area (Å²) in [6.07, 6.45) is 0. The zero-order chi connectivity index (χ0) is 8.72. The molecule has 0 aliphatic carbocycles. The first kappa shape index (κ1) is 8.53. The predicted octanol–water partition coefficient (Wildman–Crippen LogP) is 2.35. The summed E-state index contributed by atoms with van der Waals surface area (Å²) < 4.78 is 24.8. The van der Waals surface area contributed by atoms with Crippen LogP contribution >= 0.6 is 15.9 Å². The Morgan fingerprint density at radius 3 is 2.92 bits per heavy atom. The van der Waals surface area contributed by atoms with E-state index in [1.54, 1.807) is 6.07 Å². The van der Waals surface area contributed by atoms with Gasteiger partial charge in [-0.3, -0.25) is 0 Å². The van der Waals surface area contributed by atoms with Crippen LogP contribution in [0.2, 0.25) is 0 Å². The number of hydrogen-bond acceptors (Lipinski definition) is 1. The molecule has 0 fully saturated rings. The van der Waals surface area contributed by atoms with Crippen molar-refractivity contribution in [1.82, 2.24) is 0 Å². The van der Waals surface area contributed by atoms with E-state index < -0.39 is 11.2 Å². The van der Waals surface area contributed by atoms with Crippen molar-refractivity contribution in [2.45, 2.75) is 11.5 Å². The van der Waals surface area contributed by atoms with Gasteiger partial charge in [0.15, 0.2) is 0 Å². The van der Waals surface area contributed by atoms with Crippen LogP contribution in [0.5, 0.6) is 0 Å². The molecule has 0 radical (unpaired) electrons. The van der Waals surface area contributed by atoms with Crippen molar-refractivity contribution in [1.29, 1.82) is 0 Å². The van der Waals surface area contributed by atoms with Crippen LogP contribution in [0.3, 0.4) is 0 Å². The maximum Gasteiger partial charge on any atom is 0.145 e. The Morgan fingerprint density at radius 2 is 2.17 bits per heavy atom. The highest BCUT2D eigenvalue weighted by atomic mass is 79.9. The molecule has 0 N–H and O–H groups in total. The van der Waals surface area contributed by atoms with E-state index in [0.29, 0.717) is 21.5 Å². The van der Waals surface area contributed by atoms with E-state index >= 15 is 0 Å². The van der Waals surface area contributed by atoms with Crippen LogP contribution < -0.4 is 0 Å². The zero-order valence-electron chi connectivity index (χ0n) is 6.14. The highest BCUT2D eigenvalue weighted by Gasteiger charge is 2.26. The third kappa shape index (κ3) is 1.28. The molecule has 12 heavy (non-hydrogen) atoms. The fraction of sp³-hybridized carbons (Fsp3) is 0.250. The molecule has 1 aliphatic rings. The van der Waals surface area contributed by atoms with Crippen LogP contribution in [0.25, 0.3) is 0 Å². The topological polar surface area (TPSA) is 23.1 Å². The molecule has 1 unspecified atom stereocenters. The molecule has 0 saturated carbocycles. The second-order valence-electron chi connectivity index (χ2n) is 2.73. The summed E-state index contributed by atoms with van der Waals surface area (Å²) in [5.41, 5.74) is 1.50. The van der Waals surface area contributed by atoms with E-state index in [1.165, 1.54) is 0 Å². The molecule has 1 aliphatic heterocycles. The third-order valence-electron chi connectivity index (χ3n) is 1.91. The van der Waals surface area contributed by atoms with Gasteiger partial charge in [-0.2, -0.15) is 0 Å². The molecular formula is C8H6BrFOS. The fourth-order valence-corrected chi connectivity index (χ4v) is 3.03. The van der Waals surface area contributed by atoms with Gasteiger partial charge in [-0.15, -0.1) is 0 Å². The molecule has 0 saturated heterocycles. The van der Waals surface area contributed by atoms with E-state index in [2.05, 4.69) is 15.9 Å². The van der Waals surface area contributed by atoms with Gasteiger partial charge in [0.05, 0.1) is 4.47 Å². The van der Waals surface area contributed by atoms with Gasteiger partial charge in [0, 0.05) is 11.1 Å². The smallest absolute Gasteiger partial charge is 0.145 e. The third-order valence-corrected chi connectivity index (χ3v) is 3.77. The van der Waals surface area contributed by atoms with Gasteiger partial charge in [-0.25, -0.2) is 4.39 Å². The van der Waals surface area contributed by atoms with E-state index in [1.807, 2.05) is 6.07 Å². The summed E-state index contributed by atoms with van der Waals surface area (Å²) in [4.78, 5) is 0. The average molecular weight is 249 g/mol. The lowest BCUT2D eigenvalue weighted by molar-refractivity contribution is 0.592. The number of rotatable bonds is 0. The van der Waals surface area contributed by atoms with Crippen LogP contribution in [-0.2, 0) is 22.7 Å². The maximum atomic E-state index is 13.3. The normalized spacial score (nSPS) is 21.1. The van der Waals surface area contributed by atoms with Crippen LogP contribution in [0.4, 0.5) is 4.39 Å². The Morgan fingerprint density at radius 1 is 1.42 bits per heavy atom. The van der Waals surface area contributed by atoms with E-state index in [4.69, 9.17) is 0 Å². The Balaban J connectivity index is 2.54. The van der Waals surface area contributed by atoms with Gasteiger partial charge < -0.3 is 4.55 Å². The minimum absolute atomic E-state index is 0.252. The van der Waals surface area contributed by atoms with Crippen molar-refractivity contribution in [3.05, 3.63) is 33.5 Å². The summed E-state index contributed by atoms with van der Waals surface area (Å²) in [5, 5.41) is 0. The second-order valence-corrected chi connectivity index (χ2v) is 5.04. The summed E-state index contributed by atoms with van der Waals surface area (Å²) in [6, 6.07) is 3.49. The van der Waals surface area contributed by atoms with E-state index in [9.17, 15) is 8.94 Å². The maximum absolute atomic E-state index is 13.3. The standard InChI is InChI=1S/C8H6BrFOS/c9-7-2-1-5-3-12(11)4-6(5)8(7)10/h1-2H,3-4H2. The van der Waals surface area contributed by atoms with Crippen molar-refractivity contribution in [3.8, 4) is 0 Å². The molecule has 0 bridgehead atoms. The van der Waals surface area contributed by atoms with Crippen molar-refractivity contribution in [3.63, 3.8) is 0 Å². The summed E-state index contributed by atoms with van der Waals surface area (Å²) >= 11 is 2.20. The number of hydrogen-bond donors (Lipinski definition) is 0. The van der Waals surface area contributed by atoms with E-state index in [0.717, 1.165) is 5.56 Å². The van der Waals surface area contributed by atoms with Gasteiger partial charge in [0.2, 0.25) is 0 Å². The van der Waals surface area contributed by atoms with Crippen LogP contribution in [-0.4, -0.2) is 4.55 Å². The predicted molar refractivity (Wildman–Crippen MR) is 49.7 cm³/mol. The monoisotopic (exact) mass is 248 g/mol. The van der Waals surface area contributed by atoms with Crippen molar-refractivity contribution < 1.29 is 8.94 Å². The Bertz CT molecular complexity index is 329. The molecule has 2 rings (SSSR count). The molecule has 1 nitrogen and oxygen atoms in total. The first-order chi connectivity index (χ1) is 5.68. The van der Waals surface area contributed by atoms with Gasteiger partial charge in [0.1, 0.15) is 17.3 Å². The largest absolute Gasteiger partial charge is 0.616 e. The van der Waals surface area contributed by atoms with Gasteiger partial charge in [0.25, 0.3) is 0 Å². The van der Waals surface area contributed by atoms with Crippen LogP contribution in [0.15, 0.2) is 16.6 Å². The van der Waals surface area contributed by atoms with Crippen molar-refractivity contribution in [2.75, 3.05) is 0 Å². The molecule has 1 heterocycles. The summed E-state index contributed by atoms with van der Waals surface area (Å²) in [5.74, 6) is 0.610. The summed E-state index contributed by atoms with van der Waals surface area (Å²) in [7, 11) is 0. The lowest BCUT2D eigenvalue weighted by Gasteiger charge is -1.98. The molecule has 4 heteroatoms. The molecule has 1 atom stereocenters. The Labute approximate surface area is 81.3 Å². The number of benzene rings is 1. The highest BCUT2D eigenvalue weighted by molar-refractivity contribution is 9.10. The van der Waals surface area contributed by atoms with Gasteiger partial charge >= 0.3 is 0 Å². The molecule has 64 valence electrons. The lowest BCUT2D eigenvalue weighted by atomic mass is 10.1. The second kappa shape index (κ2) is 3.01. The first-order valence-electron chi connectivity index (χ1n) is 3.49. The minimum Gasteiger partial charge on any atom is -0.616 e. The first-order valence-corrected chi connectivity index (χ1v) is 5.77. The quantitative estimate of drug-likeness (QED) is 0.647. The minimum atomic E-state index is -0.899. The molecule has 1 aromatic carbocycles. The van der Waals surface area contributed by atoms with E-state index in [-0.39, 0.29) is 5.82 Å². The lowest BCUT2D eigenvalue weighted by Crippen LogP contribution is -1.96. The van der Waals surface area contributed by atoms with Gasteiger partial charge in [-0.05, 0) is 33.2 Å². The molecule has 0 spiro atoms.